The van der Waals surface area contributed by atoms with Gasteiger partial charge in [0, 0.05) is 23.1 Å². The number of carbonyl (C=O) groups is 1. The number of ether oxygens (including phenoxy) is 2. The van der Waals surface area contributed by atoms with E-state index in [2.05, 4.69) is 5.32 Å². The highest BCUT2D eigenvalue weighted by Crippen LogP contribution is 2.38. The summed E-state index contributed by atoms with van der Waals surface area (Å²) in [5, 5.41) is 3.00. The number of alkyl halides is 3. The predicted octanol–water partition coefficient (Wildman–Crippen LogP) is 6.38. The fourth-order valence-corrected chi connectivity index (χ4v) is 4.54. The van der Waals surface area contributed by atoms with Crippen molar-refractivity contribution in [2.45, 2.75) is 50.3 Å². The molecular weight excluding hydrogens is 455 g/mol. The number of hydrogen-bond acceptors (Lipinski definition) is 3. The van der Waals surface area contributed by atoms with Crippen molar-refractivity contribution in [2.24, 2.45) is 0 Å². The van der Waals surface area contributed by atoms with Crippen LogP contribution in [0.2, 0.25) is 5.02 Å². The molecule has 0 spiro atoms. The predicted molar refractivity (Wildman–Crippen MR) is 121 cm³/mol. The number of carbonyl (C=O) groups excluding carboxylic acids is 1. The van der Waals surface area contributed by atoms with E-state index in [1.165, 1.54) is 12.1 Å². The van der Waals surface area contributed by atoms with E-state index in [0.29, 0.717) is 30.0 Å². The number of nitrogens with one attached hydrogen (secondary N) is 1. The van der Waals surface area contributed by atoms with Crippen molar-refractivity contribution in [1.29, 1.82) is 0 Å². The Hall–Kier alpha value is -2.67. The smallest absolute Gasteiger partial charge is 0.416 e. The maximum atomic E-state index is 13.1. The molecule has 1 aliphatic carbocycles. The van der Waals surface area contributed by atoms with Gasteiger partial charge in [0.2, 0.25) is 5.91 Å². The Bertz CT molecular complexity index is 1060. The van der Waals surface area contributed by atoms with E-state index in [-0.39, 0.29) is 28.5 Å². The molecular formula is C25H25ClF3NO3. The first-order valence-electron chi connectivity index (χ1n) is 10.9. The number of methoxy groups -OCH3 is 1. The molecule has 0 radical (unpaired) electrons. The molecule has 2 aromatic carbocycles. The molecule has 8 heteroatoms. The average molecular weight is 480 g/mol. The van der Waals surface area contributed by atoms with Crippen LogP contribution < -0.4 is 14.8 Å². The van der Waals surface area contributed by atoms with E-state index in [0.717, 1.165) is 43.4 Å². The second-order valence-electron chi connectivity index (χ2n) is 8.45. The molecule has 4 rings (SSSR count). The SMILES string of the molecule is COc1ccc(C2CNC(=O)C(=Cc3cc(C(F)(F)F)ccc3Cl)C2)cc1OC1CCCC1. The highest BCUT2D eigenvalue weighted by atomic mass is 35.5. The second-order valence-corrected chi connectivity index (χ2v) is 8.86. The lowest BCUT2D eigenvalue weighted by Crippen LogP contribution is -2.35. The Morgan fingerprint density at radius 3 is 2.55 bits per heavy atom. The van der Waals surface area contributed by atoms with Gasteiger partial charge in [0.25, 0.3) is 0 Å². The van der Waals surface area contributed by atoms with Crippen LogP contribution in [0.5, 0.6) is 11.5 Å². The van der Waals surface area contributed by atoms with Gasteiger partial charge in [0.15, 0.2) is 11.5 Å². The first kappa shape index (κ1) is 23.5. The number of amides is 1. The Morgan fingerprint density at radius 1 is 1.09 bits per heavy atom. The minimum Gasteiger partial charge on any atom is -0.493 e. The number of benzene rings is 2. The molecule has 1 saturated carbocycles. The van der Waals surface area contributed by atoms with Crippen LogP contribution in [0.25, 0.3) is 6.08 Å². The molecule has 1 heterocycles. The molecule has 2 aromatic rings. The average Bonchev–Trinajstić information content (AvgIpc) is 3.29. The van der Waals surface area contributed by atoms with Crippen LogP contribution in [0, 0.1) is 0 Å². The largest absolute Gasteiger partial charge is 0.493 e. The molecule has 0 aromatic heterocycles. The summed E-state index contributed by atoms with van der Waals surface area (Å²) in [7, 11) is 1.59. The Labute approximate surface area is 195 Å². The minimum absolute atomic E-state index is 0.0599. The van der Waals surface area contributed by atoms with Crippen LogP contribution in [0.4, 0.5) is 13.2 Å². The van der Waals surface area contributed by atoms with E-state index in [1.807, 2.05) is 18.2 Å². The van der Waals surface area contributed by atoms with Crippen LogP contribution in [0.1, 0.15) is 54.7 Å². The maximum absolute atomic E-state index is 13.1. The van der Waals surface area contributed by atoms with Gasteiger partial charge < -0.3 is 14.8 Å². The van der Waals surface area contributed by atoms with Gasteiger partial charge in [-0.2, -0.15) is 13.2 Å². The topological polar surface area (TPSA) is 47.6 Å². The third kappa shape index (κ3) is 5.46. The van der Waals surface area contributed by atoms with Crippen molar-refractivity contribution in [3.63, 3.8) is 0 Å². The first-order valence-corrected chi connectivity index (χ1v) is 11.3. The molecule has 1 unspecified atom stereocenters. The Balaban J connectivity index is 1.60. The van der Waals surface area contributed by atoms with Crippen molar-refractivity contribution in [3.8, 4) is 11.5 Å². The van der Waals surface area contributed by atoms with Gasteiger partial charge in [-0.1, -0.05) is 17.7 Å². The Morgan fingerprint density at radius 2 is 1.85 bits per heavy atom. The van der Waals surface area contributed by atoms with Crippen LogP contribution >= 0.6 is 11.6 Å². The van der Waals surface area contributed by atoms with Gasteiger partial charge in [-0.15, -0.1) is 0 Å². The van der Waals surface area contributed by atoms with E-state index < -0.39 is 11.7 Å². The highest BCUT2D eigenvalue weighted by molar-refractivity contribution is 6.32. The summed E-state index contributed by atoms with van der Waals surface area (Å²) < 4.78 is 51.0. The summed E-state index contributed by atoms with van der Waals surface area (Å²) in [6.45, 7) is 0.418. The van der Waals surface area contributed by atoms with Crippen LogP contribution in [-0.2, 0) is 11.0 Å². The minimum atomic E-state index is -4.49. The molecule has 1 saturated heterocycles. The number of piperidine rings is 1. The lowest BCUT2D eigenvalue weighted by molar-refractivity contribution is -0.137. The zero-order valence-electron chi connectivity index (χ0n) is 18.2. The summed E-state index contributed by atoms with van der Waals surface area (Å²) in [5.74, 6) is 0.952. The lowest BCUT2D eigenvalue weighted by atomic mass is 9.87. The quantitative estimate of drug-likeness (QED) is 0.506. The number of halogens is 4. The van der Waals surface area contributed by atoms with Gasteiger partial charge in [-0.3, -0.25) is 4.79 Å². The van der Waals surface area contributed by atoms with E-state index >= 15 is 0 Å². The zero-order chi connectivity index (χ0) is 23.6. The van der Waals surface area contributed by atoms with Gasteiger partial charge in [-0.25, -0.2) is 0 Å². The molecule has 1 atom stereocenters. The normalized spacial score (nSPS) is 20.7. The molecule has 176 valence electrons. The van der Waals surface area contributed by atoms with Crippen molar-refractivity contribution in [1.82, 2.24) is 5.32 Å². The summed E-state index contributed by atoms with van der Waals surface area (Å²) in [6.07, 6.45) is 1.80. The molecule has 0 bridgehead atoms. The molecule has 33 heavy (non-hydrogen) atoms. The monoisotopic (exact) mass is 479 g/mol. The van der Waals surface area contributed by atoms with Crippen molar-refractivity contribution < 1.29 is 27.4 Å². The highest BCUT2D eigenvalue weighted by Gasteiger charge is 2.31. The van der Waals surface area contributed by atoms with Gasteiger partial charge in [-0.05, 0) is 79.6 Å². The first-order chi connectivity index (χ1) is 15.7. The van der Waals surface area contributed by atoms with Gasteiger partial charge >= 0.3 is 6.18 Å². The zero-order valence-corrected chi connectivity index (χ0v) is 18.9. The summed E-state index contributed by atoms with van der Waals surface area (Å²) >= 11 is 6.13. The molecule has 2 aliphatic rings. The molecule has 1 amide bonds. The van der Waals surface area contributed by atoms with Crippen molar-refractivity contribution in [3.05, 3.63) is 63.7 Å². The van der Waals surface area contributed by atoms with Crippen LogP contribution in [0.15, 0.2) is 42.0 Å². The standard InChI is InChI=1S/C25H25ClF3NO3/c1-32-22-9-6-15(13-23(22)33-20-4-2-3-5-20)18-11-17(24(31)30-14-18)10-16-12-19(25(27,28)29)7-8-21(16)26/h6-10,12-13,18,20H,2-5,11,14H2,1H3,(H,30,31). The second kappa shape index (κ2) is 9.67. The van der Waals surface area contributed by atoms with Crippen LogP contribution in [0.3, 0.4) is 0 Å². The van der Waals surface area contributed by atoms with Crippen molar-refractivity contribution >= 4 is 23.6 Å². The summed E-state index contributed by atoms with van der Waals surface area (Å²) in [6, 6.07) is 8.81. The number of rotatable bonds is 5. The third-order valence-electron chi connectivity index (χ3n) is 6.17. The molecule has 4 nitrogen and oxygen atoms in total. The fourth-order valence-electron chi connectivity index (χ4n) is 4.36. The molecule has 1 N–H and O–H groups in total. The molecule has 2 fully saturated rings. The summed E-state index contributed by atoms with van der Waals surface area (Å²) in [4.78, 5) is 12.5. The lowest BCUT2D eigenvalue weighted by Gasteiger charge is -2.26. The van der Waals surface area contributed by atoms with Gasteiger partial charge in [0.1, 0.15) is 0 Å². The van der Waals surface area contributed by atoms with E-state index in [1.54, 1.807) is 7.11 Å². The third-order valence-corrected chi connectivity index (χ3v) is 6.52. The van der Waals surface area contributed by atoms with Crippen molar-refractivity contribution in [2.75, 3.05) is 13.7 Å². The number of hydrogen-bond donors (Lipinski definition) is 1. The molecule has 1 aliphatic heterocycles. The van der Waals surface area contributed by atoms with Gasteiger partial charge in [0.05, 0.1) is 18.8 Å². The summed E-state index contributed by atoms with van der Waals surface area (Å²) in [5.41, 5.74) is 0.694. The van der Waals surface area contributed by atoms with Crippen LogP contribution in [-0.4, -0.2) is 25.7 Å². The Kier molecular flexibility index (Phi) is 6.88. The maximum Gasteiger partial charge on any atom is 0.416 e. The fraction of sp³-hybridized carbons (Fsp3) is 0.400. The van der Waals surface area contributed by atoms with E-state index in [9.17, 15) is 18.0 Å². The van der Waals surface area contributed by atoms with E-state index in [4.69, 9.17) is 21.1 Å².